The second-order valence-electron chi connectivity index (χ2n) is 5.72. The van der Waals surface area contributed by atoms with Crippen molar-refractivity contribution in [2.45, 2.75) is 19.1 Å². The van der Waals surface area contributed by atoms with Crippen molar-refractivity contribution in [3.8, 4) is 0 Å². The topological polar surface area (TPSA) is 66.5 Å². The van der Waals surface area contributed by atoms with Gasteiger partial charge in [0, 0.05) is 24.7 Å². The standard InChI is InChI=1S/C17H17FN2O3S/c1-12(21)20-9-8-13-6-7-15(10-17(13)20)19-24(22,23)11-14-4-2-3-5-16(14)18/h2-7,10,19H,8-9,11H2,1H3. The van der Waals surface area contributed by atoms with Gasteiger partial charge in [-0.25, -0.2) is 12.8 Å². The number of amides is 1. The predicted octanol–water partition coefficient (Wildman–Crippen LogP) is 2.68. The third-order valence-electron chi connectivity index (χ3n) is 3.94. The summed E-state index contributed by atoms with van der Waals surface area (Å²) < 4.78 is 40.7. The molecule has 2 aromatic rings. The van der Waals surface area contributed by atoms with Crippen molar-refractivity contribution in [2.75, 3.05) is 16.2 Å². The highest BCUT2D eigenvalue weighted by atomic mass is 32.2. The summed E-state index contributed by atoms with van der Waals surface area (Å²) in [5, 5.41) is 0. The van der Waals surface area contributed by atoms with E-state index in [2.05, 4.69) is 4.72 Å². The predicted molar refractivity (Wildman–Crippen MR) is 90.8 cm³/mol. The first-order valence-electron chi connectivity index (χ1n) is 7.51. The highest BCUT2D eigenvalue weighted by molar-refractivity contribution is 7.91. The maximum absolute atomic E-state index is 13.6. The summed E-state index contributed by atoms with van der Waals surface area (Å²) in [6.07, 6.45) is 0.747. The second-order valence-corrected chi connectivity index (χ2v) is 7.44. The number of halogens is 1. The number of hydrogen-bond donors (Lipinski definition) is 1. The molecule has 0 bridgehead atoms. The molecule has 0 aliphatic carbocycles. The maximum atomic E-state index is 13.6. The van der Waals surface area contributed by atoms with Gasteiger partial charge in [-0.15, -0.1) is 0 Å². The molecule has 1 N–H and O–H groups in total. The summed E-state index contributed by atoms with van der Waals surface area (Å²) in [6, 6.07) is 10.9. The van der Waals surface area contributed by atoms with Gasteiger partial charge in [-0.1, -0.05) is 24.3 Å². The van der Waals surface area contributed by atoms with E-state index in [4.69, 9.17) is 0 Å². The van der Waals surface area contributed by atoms with Gasteiger partial charge in [-0.2, -0.15) is 0 Å². The van der Waals surface area contributed by atoms with Crippen molar-refractivity contribution in [3.05, 3.63) is 59.4 Å². The fourth-order valence-electron chi connectivity index (χ4n) is 2.81. The van der Waals surface area contributed by atoms with Gasteiger partial charge >= 0.3 is 0 Å². The van der Waals surface area contributed by atoms with Crippen LogP contribution in [-0.4, -0.2) is 20.9 Å². The van der Waals surface area contributed by atoms with E-state index in [9.17, 15) is 17.6 Å². The van der Waals surface area contributed by atoms with Crippen molar-refractivity contribution in [3.63, 3.8) is 0 Å². The summed E-state index contributed by atoms with van der Waals surface area (Å²) in [7, 11) is -3.76. The number of hydrogen-bond acceptors (Lipinski definition) is 3. The first kappa shape index (κ1) is 16.4. The molecule has 1 aliphatic heterocycles. The van der Waals surface area contributed by atoms with E-state index < -0.39 is 21.6 Å². The van der Waals surface area contributed by atoms with Crippen molar-refractivity contribution in [1.82, 2.24) is 0 Å². The first-order chi connectivity index (χ1) is 11.4. The Hall–Kier alpha value is -2.41. The highest BCUT2D eigenvalue weighted by Gasteiger charge is 2.23. The SMILES string of the molecule is CC(=O)N1CCc2ccc(NS(=O)(=O)Cc3ccccc3F)cc21. The van der Waals surface area contributed by atoms with Gasteiger partial charge < -0.3 is 4.90 Å². The molecule has 7 heteroatoms. The number of anilines is 2. The summed E-state index contributed by atoms with van der Waals surface area (Å²) in [4.78, 5) is 13.2. The van der Waals surface area contributed by atoms with Crippen LogP contribution in [0.5, 0.6) is 0 Å². The number of rotatable bonds is 4. The third-order valence-corrected chi connectivity index (χ3v) is 5.18. The van der Waals surface area contributed by atoms with E-state index >= 15 is 0 Å². The van der Waals surface area contributed by atoms with Gasteiger partial charge in [-0.3, -0.25) is 9.52 Å². The molecule has 0 spiro atoms. The van der Waals surface area contributed by atoms with Crippen LogP contribution in [0, 0.1) is 5.82 Å². The zero-order valence-corrected chi connectivity index (χ0v) is 13.9. The van der Waals surface area contributed by atoms with Crippen molar-refractivity contribution < 1.29 is 17.6 Å². The number of nitrogens with zero attached hydrogens (tertiary/aromatic N) is 1. The fourth-order valence-corrected chi connectivity index (χ4v) is 4.01. The lowest BCUT2D eigenvalue weighted by atomic mass is 10.1. The molecule has 0 aromatic heterocycles. The van der Waals surface area contributed by atoms with Crippen molar-refractivity contribution >= 4 is 27.3 Å². The smallest absolute Gasteiger partial charge is 0.237 e. The number of carbonyl (C=O) groups excluding carboxylic acids is 1. The minimum atomic E-state index is -3.76. The molecule has 0 fully saturated rings. The molecule has 5 nitrogen and oxygen atoms in total. The molecule has 1 amide bonds. The van der Waals surface area contributed by atoms with Crippen LogP contribution in [0.1, 0.15) is 18.1 Å². The summed E-state index contributed by atoms with van der Waals surface area (Å²) in [6.45, 7) is 2.07. The quantitative estimate of drug-likeness (QED) is 0.924. The van der Waals surface area contributed by atoms with E-state index in [1.165, 1.54) is 25.1 Å². The average molecular weight is 348 g/mol. The van der Waals surface area contributed by atoms with Gasteiger partial charge in [0.25, 0.3) is 0 Å². The molecule has 126 valence electrons. The van der Waals surface area contributed by atoms with Crippen LogP contribution >= 0.6 is 0 Å². The summed E-state index contributed by atoms with van der Waals surface area (Å²) >= 11 is 0. The van der Waals surface area contributed by atoms with Gasteiger partial charge in [0.1, 0.15) is 5.82 Å². The molecule has 1 heterocycles. The zero-order chi connectivity index (χ0) is 17.3. The zero-order valence-electron chi connectivity index (χ0n) is 13.1. The molecule has 0 saturated heterocycles. The Balaban J connectivity index is 1.82. The van der Waals surface area contributed by atoms with Crippen LogP contribution in [-0.2, 0) is 27.0 Å². The Kier molecular flexibility index (Phi) is 4.28. The molecule has 0 radical (unpaired) electrons. The lowest BCUT2D eigenvalue weighted by Crippen LogP contribution is -2.25. The van der Waals surface area contributed by atoms with E-state index in [1.54, 1.807) is 29.2 Å². The number of fused-ring (bicyclic) bond motifs is 1. The fraction of sp³-hybridized carbons (Fsp3) is 0.235. The van der Waals surface area contributed by atoms with Crippen LogP contribution in [0.25, 0.3) is 0 Å². The van der Waals surface area contributed by atoms with E-state index in [0.717, 1.165) is 12.0 Å². The molecule has 0 saturated carbocycles. The average Bonchev–Trinajstić information content (AvgIpc) is 2.92. The van der Waals surface area contributed by atoms with Gasteiger partial charge in [0.2, 0.25) is 15.9 Å². The molecule has 0 atom stereocenters. The maximum Gasteiger partial charge on any atom is 0.237 e. The Bertz CT molecular complexity index is 896. The Morgan fingerprint density at radius 1 is 1.25 bits per heavy atom. The number of benzene rings is 2. The number of sulfonamides is 1. The molecular weight excluding hydrogens is 331 g/mol. The lowest BCUT2D eigenvalue weighted by molar-refractivity contribution is -0.116. The second kappa shape index (κ2) is 6.24. The molecule has 3 rings (SSSR count). The molecule has 2 aromatic carbocycles. The van der Waals surface area contributed by atoms with Crippen LogP contribution in [0.2, 0.25) is 0 Å². The minimum Gasteiger partial charge on any atom is -0.312 e. The van der Waals surface area contributed by atoms with Crippen LogP contribution in [0.15, 0.2) is 42.5 Å². The Morgan fingerprint density at radius 3 is 2.71 bits per heavy atom. The van der Waals surface area contributed by atoms with Crippen LogP contribution in [0.4, 0.5) is 15.8 Å². The largest absolute Gasteiger partial charge is 0.312 e. The summed E-state index contributed by atoms with van der Waals surface area (Å²) in [5.41, 5.74) is 2.19. The molecule has 24 heavy (non-hydrogen) atoms. The van der Waals surface area contributed by atoms with Gasteiger partial charge in [0.05, 0.1) is 11.4 Å². The third kappa shape index (κ3) is 3.41. The Morgan fingerprint density at radius 2 is 2.00 bits per heavy atom. The molecule has 1 aliphatic rings. The number of nitrogens with one attached hydrogen (secondary N) is 1. The van der Waals surface area contributed by atoms with E-state index in [0.29, 0.717) is 17.9 Å². The van der Waals surface area contributed by atoms with E-state index in [-0.39, 0.29) is 11.5 Å². The number of carbonyl (C=O) groups is 1. The van der Waals surface area contributed by atoms with Crippen LogP contribution < -0.4 is 9.62 Å². The van der Waals surface area contributed by atoms with Crippen LogP contribution in [0.3, 0.4) is 0 Å². The normalized spacial score (nSPS) is 13.7. The highest BCUT2D eigenvalue weighted by Crippen LogP contribution is 2.31. The van der Waals surface area contributed by atoms with E-state index in [1.807, 2.05) is 0 Å². The lowest BCUT2D eigenvalue weighted by Gasteiger charge is -2.16. The molecular formula is C17H17FN2O3S. The Labute approximate surface area is 140 Å². The minimum absolute atomic E-state index is 0.0832. The molecule has 0 unspecified atom stereocenters. The first-order valence-corrected chi connectivity index (χ1v) is 9.16. The summed E-state index contributed by atoms with van der Waals surface area (Å²) in [5.74, 6) is -1.09. The van der Waals surface area contributed by atoms with Gasteiger partial charge in [0.15, 0.2) is 0 Å². The van der Waals surface area contributed by atoms with Crippen molar-refractivity contribution in [1.29, 1.82) is 0 Å². The monoisotopic (exact) mass is 348 g/mol. The van der Waals surface area contributed by atoms with Crippen molar-refractivity contribution in [2.24, 2.45) is 0 Å². The van der Waals surface area contributed by atoms with Gasteiger partial charge in [-0.05, 0) is 30.2 Å².